The van der Waals surface area contributed by atoms with Gasteiger partial charge in [0, 0.05) is 16.1 Å². The third-order valence-corrected chi connectivity index (χ3v) is 4.56. The molecular weight excluding hydrogens is 368 g/mol. The van der Waals surface area contributed by atoms with Gasteiger partial charge >= 0.3 is 5.97 Å². The predicted octanol–water partition coefficient (Wildman–Crippen LogP) is 3.67. The molecule has 7 heteroatoms. The highest BCUT2D eigenvalue weighted by molar-refractivity contribution is 6.31. The molecule has 0 aliphatic rings. The zero-order valence-corrected chi connectivity index (χ0v) is 15.5. The Morgan fingerprint density at radius 1 is 1.15 bits per heavy atom. The Balaban J connectivity index is 1.74. The van der Waals surface area contributed by atoms with Crippen molar-refractivity contribution in [1.29, 1.82) is 0 Å². The van der Waals surface area contributed by atoms with Crippen molar-refractivity contribution < 1.29 is 14.3 Å². The first-order valence-corrected chi connectivity index (χ1v) is 8.63. The summed E-state index contributed by atoms with van der Waals surface area (Å²) < 4.78 is 5.19. The first kappa shape index (κ1) is 18.7. The van der Waals surface area contributed by atoms with Crippen LogP contribution < -0.4 is 10.9 Å². The molecule has 0 aliphatic carbocycles. The summed E-state index contributed by atoms with van der Waals surface area (Å²) in [4.78, 5) is 39.2. The van der Waals surface area contributed by atoms with Crippen LogP contribution in [0, 0.1) is 6.92 Å². The highest BCUT2D eigenvalue weighted by Gasteiger charge is 2.21. The van der Waals surface area contributed by atoms with Gasteiger partial charge in [-0.15, -0.1) is 0 Å². The fraction of sp³-hybridized carbons (Fsp3) is 0.150. The number of benzene rings is 2. The van der Waals surface area contributed by atoms with E-state index in [0.717, 1.165) is 0 Å². The van der Waals surface area contributed by atoms with Crippen molar-refractivity contribution in [1.82, 2.24) is 4.98 Å². The van der Waals surface area contributed by atoms with E-state index >= 15 is 0 Å². The van der Waals surface area contributed by atoms with Gasteiger partial charge in [-0.2, -0.15) is 0 Å². The molecule has 0 fully saturated rings. The van der Waals surface area contributed by atoms with Gasteiger partial charge in [0.15, 0.2) is 6.10 Å². The molecule has 0 saturated carbocycles. The van der Waals surface area contributed by atoms with E-state index in [1.165, 1.54) is 13.0 Å². The summed E-state index contributed by atoms with van der Waals surface area (Å²) in [7, 11) is 0. The average molecular weight is 385 g/mol. The van der Waals surface area contributed by atoms with E-state index in [9.17, 15) is 14.4 Å². The maximum Gasteiger partial charge on any atom is 0.355 e. The fourth-order valence-corrected chi connectivity index (χ4v) is 2.75. The van der Waals surface area contributed by atoms with E-state index in [1.54, 1.807) is 49.4 Å². The minimum atomic E-state index is -1.06. The molecule has 1 heterocycles. The number of H-pyrrole nitrogens is 1. The molecule has 1 atom stereocenters. The lowest BCUT2D eigenvalue weighted by Crippen LogP contribution is -2.31. The third kappa shape index (κ3) is 4.01. The summed E-state index contributed by atoms with van der Waals surface area (Å²) in [6, 6.07) is 13.5. The summed E-state index contributed by atoms with van der Waals surface area (Å²) in [6.07, 6.45) is -1.06. The zero-order valence-electron chi connectivity index (χ0n) is 14.7. The smallest absolute Gasteiger partial charge is 0.355 e. The number of esters is 1. The van der Waals surface area contributed by atoms with Crippen LogP contribution in [-0.4, -0.2) is 23.0 Å². The lowest BCUT2D eigenvalue weighted by Gasteiger charge is -2.15. The maximum atomic E-state index is 12.3. The maximum absolute atomic E-state index is 12.3. The molecule has 3 rings (SSSR count). The quantitative estimate of drug-likeness (QED) is 0.672. The highest BCUT2D eigenvalue weighted by atomic mass is 35.5. The molecule has 0 spiro atoms. The number of anilines is 1. The number of aromatic nitrogens is 1. The number of hydrogen-bond acceptors (Lipinski definition) is 4. The SMILES string of the molecule is Cc1c(Cl)cccc1NC(=O)[C@H](C)OC(=O)c1cc2ccccc2c(=O)[nH]1. The first-order chi connectivity index (χ1) is 12.9. The lowest BCUT2D eigenvalue weighted by molar-refractivity contribution is -0.123. The number of carbonyl (C=O) groups is 2. The van der Waals surface area contributed by atoms with Gasteiger partial charge < -0.3 is 15.0 Å². The van der Waals surface area contributed by atoms with Crippen LogP contribution >= 0.6 is 11.6 Å². The van der Waals surface area contributed by atoms with E-state index in [0.29, 0.717) is 27.0 Å². The highest BCUT2D eigenvalue weighted by Crippen LogP contribution is 2.23. The van der Waals surface area contributed by atoms with E-state index in [2.05, 4.69) is 10.3 Å². The van der Waals surface area contributed by atoms with Crippen molar-refractivity contribution >= 4 is 39.9 Å². The van der Waals surface area contributed by atoms with Crippen LogP contribution in [0.5, 0.6) is 0 Å². The van der Waals surface area contributed by atoms with Gasteiger partial charge in [-0.05, 0) is 49.1 Å². The Kier molecular flexibility index (Phi) is 5.28. The molecule has 6 nitrogen and oxygen atoms in total. The van der Waals surface area contributed by atoms with Gasteiger partial charge in [0.2, 0.25) is 0 Å². The number of amides is 1. The van der Waals surface area contributed by atoms with Crippen molar-refractivity contribution in [2.75, 3.05) is 5.32 Å². The van der Waals surface area contributed by atoms with E-state index < -0.39 is 23.5 Å². The van der Waals surface area contributed by atoms with Crippen LogP contribution in [0.2, 0.25) is 5.02 Å². The number of nitrogens with one attached hydrogen (secondary N) is 2. The van der Waals surface area contributed by atoms with Crippen LogP contribution in [0.3, 0.4) is 0 Å². The van der Waals surface area contributed by atoms with Crippen molar-refractivity contribution in [3.63, 3.8) is 0 Å². The lowest BCUT2D eigenvalue weighted by atomic mass is 10.1. The van der Waals surface area contributed by atoms with Crippen molar-refractivity contribution in [3.8, 4) is 0 Å². The third-order valence-electron chi connectivity index (χ3n) is 4.15. The molecule has 2 aromatic carbocycles. The summed E-state index contributed by atoms with van der Waals surface area (Å²) in [5.41, 5.74) is 0.836. The van der Waals surface area contributed by atoms with Crippen LogP contribution in [0.15, 0.2) is 53.3 Å². The summed E-state index contributed by atoms with van der Waals surface area (Å²) in [5, 5.41) is 4.28. The van der Waals surface area contributed by atoms with E-state index in [-0.39, 0.29) is 5.69 Å². The number of ether oxygens (including phenoxy) is 1. The molecule has 27 heavy (non-hydrogen) atoms. The molecule has 0 aliphatic heterocycles. The monoisotopic (exact) mass is 384 g/mol. The molecular formula is C20H17ClN2O4. The number of hydrogen-bond donors (Lipinski definition) is 2. The molecule has 0 radical (unpaired) electrons. The first-order valence-electron chi connectivity index (χ1n) is 8.26. The summed E-state index contributed by atoms with van der Waals surface area (Å²) in [5.74, 6) is -1.29. The number of fused-ring (bicyclic) bond motifs is 1. The normalized spacial score (nSPS) is 11.8. The van der Waals surface area contributed by atoms with Gasteiger partial charge in [0.1, 0.15) is 5.69 Å². The van der Waals surface area contributed by atoms with E-state index in [4.69, 9.17) is 16.3 Å². The Morgan fingerprint density at radius 2 is 1.89 bits per heavy atom. The topological polar surface area (TPSA) is 88.3 Å². The molecule has 138 valence electrons. The van der Waals surface area contributed by atoms with Crippen LogP contribution in [0.25, 0.3) is 10.8 Å². The predicted molar refractivity (Wildman–Crippen MR) is 104 cm³/mol. The second kappa shape index (κ2) is 7.63. The van der Waals surface area contributed by atoms with Crippen molar-refractivity contribution in [3.05, 3.63) is 75.2 Å². The molecule has 0 bridgehead atoms. The average Bonchev–Trinajstić information content (AvgIpc) is 2.65. The second-order valence-corrected chi connectivity index (χ2v) is 6.46. The Labute approximate surface area is 160 Å². The summed E-state index contributed by atoms with van der Waals surface area (Å²) in [6.45, 7) is 3.22. The van der Waals surface area contributed by atoms with Crippen molar-refractivity contribution in [2.24, 2.45) is 0 Å². The minimum Gasteiger partial charge on any atom is -0.448 e. The van der Waals surface area contributed by atoms with Gasteiger partial charge in [-0.1, -0.05) is 35.9 Å². The Morgan fingerprint density at radius 3 is 2.67 bits per heavy atom. The van der Waals surface area contributed by atoms with Crippen LogP contribution in [0.1, 0.15) is 23.0 Å². The molecule has 1 aromatic heterocycles. The Bertz CT molecular complexity index is 1090. The molecule has 0 saturated heterocycles. The van der Waals surface area contributed by atoms with Gasteiger partial charge in [-0.3, -0.25) is 9.59 Å². The van der Waals surface area contributed by atoms with Gasteiger partial charge in [0.25, 0.3) is 11.5 Å². The molecule has 0 unspecified atom stereocenters. The summed E-state index contributed by atoms with van der Waals surface area (Å²) >= 11 is 6.03. The van der Waals surface area contributed by atoms with Crippen LogP contribution in [-0.2, 0) is 9.53 Å². The number of pyridine rings is 1. The Hall–Kier alpha value is -3.12. The standard InChI is InChI=1S/C20H17ClN2O4/c1-11-15(21)8-5-9-16(11)22-18(24)12(2)27-20(26)17-10-13-6-3-4-7-14(13)19(25)23-17/h3-10,12H,1-2H3,(H,22,24)(H,23,25)/t12-/m0/s1. The number of halogens is 1. The largest absolute Gasteiger partial charge is 0.448 e. The number of rotatable bonds is 4. The van der Waals surface area contributed by atoms with E-state index in [1.807, 2.05) is 0 Å². The number of carbonyl (C=O) groups excluding carboxylic acids is 2. The van der Waals surface area contributed by atoms with Crippen LogP contribution in [0.4, 0.5) is 5.69 Å². The molecule has 2 N–H and O–H groups in total. The molecule has 3 aromatic rings. The van der Waals surface area contributed by atoms with Gasteiger partial charge in [-0.25, -0.2) is 4.79 Å². The number of aromatic amines is 1. The molecule has 1 amide bonds. The minimum absolute atomic E-state index is 0.0164. The zero-order chi connectivity index (χ0) is 19.6. The van der Waals surface area contributed by atoms with Crippen molar-refractivity contribution in [2.45, 2.75) is 20.0 Å². The van der Waals surface area contributed by atoms with Gasteiger partial charge in [0.05, 0.1) is 0 Å². The second-order valence-electron chi connectivity index (χ2n) is 6.05. The fourth-order valence-electron chi connectivity index (χ4n) is 2.58.